The minimum absolute atomic E-state index is 0.0216. The molecular formula is C10H10FN3O. The molecule has 2 aromatic rings. The van der Waals surface area contributed by atoms with Crippen molar-refractivity contribution in [3.8, 4) is 17.0 Å². The summed E-state index contributed by atoms with van der Waals surface area (Å²) in [5.41, 5.74) is 6.92. The van der Waals surface area contributed by atoms with Crippen LogP contribution in [0.25, 0.3) is 11.3 Å². The highest BCUT2D eigenvalue weighted by molar-refractivity contribution is 5.76. The minimum atomic E-state index is -0.427. The highest BCUT2D eigenvalue weighted by atomic mass is 19.1. The van der Waals surface area contributed by atoms with E-state index in [0.717, 1.165) is 0 Å². The molecule has 3 N–H and O–H groups in total. The van der Waals surface area contributed by atoms with E-state index in [-0.39, 0.29) is 5.75 Å². The average Bonchev–Trinajstić information content (AvgIpc) is 2.51. The second-order valence-corrected chi connectivity index (χ2v) is 3.23. The van der Waals surface area contributed by atoms with Crippen molar-refractivity contribution >= 4 is 5.69 Å². The van der Waals surface area contributed by atoms with Gasteiger partial charge in [0.2, 0.25) is 0 Å². The van der Waals surface area contributed by atoms with Gasteiger partial charge in [0.15, 0.2) is 0 Å². The predicted molar refractivity (Wildman–Crippen MR) is 54.7 cm³/mol. The van der Waals surface area contributed by atoms with Crippen LogP contribution in [-0.2, 0) is 7.05 Å². The first-order valence-corrected chi connectivity index (χ1v) is 4.36. The third-order valence-electron chi connectivity index (χ3n) is 2.18. The summed E-state index contributed by atoms with van der Waals surface area (Å²) >= 11 is 0. The molecule has 1 aromatic heterocycles. The van der Waals surface area contributed by atoms with Crippen LogP contribution in [0.1, 0.15) is 0 Å². The molecule has 0 unspecified atom stereocenters. The van der Waals surface area contributed by atoms with Crippen LogP contribution in [0.4, 0.5) is 10.1 Å². The molecule has 0 fully saturated rings. The van der Waals surface area contributed by atoms with Gasteiger partial charge in [-0.3, -0.25) is 4.68 Å². The van der Waals surface area contributed by atoms with Gasteiger partial charge in [-0.25, -0.2) is 4.39 Å². The smallest absolute Gasteiger partial charge is 0.125 e. The molecule has 0 radical (unpaired) electrons. The number of anilines is 1. The summed E-state index contributed by atoms with van der Waals surface area (Å²) in [4.78, 5) is 0. The van der Waals surface area contributed by atoms with Crippen LogP contribution in [0.15, 0.2) is 24.4 Å². The molecule has 0 spiro atoms. The Labute approximate surface area is 85.8 Å². The molecule has 1 aromatic carbocycles. The number of hydrogen-bond acceptors (Lipinski definition) is 3. The number of benzene rings is 1. The van der Waals surface area contributed by atoms with Gasteiger partial charge in [0.1, 0.15) is 11.6 Å². The van der Waals surface area contributed by atoms with Crippen molar-refractivity contribution in [2.75, 3.05) is 5.73 Å². The highest BCUT2D eigenvalue weighted by Gasteiger charge is 2.13. The molecule has 0 saturated heterocycles. The normalized spacial score (nSPS) is 10.5. The molecule has 0 bridgehead atoms. The van der Waals surface area contributed by atoms with E-state index in [1.54, 1.807) is 7.05 Å². The third kappa shape index (κ3) is 1.52. The fourth-order valence-electron chi connectivity index (χ4n) is 1.48. The first-order valence-electron chi connectivity index (χ1n) is 4.36. The fraction of sp³-hybridized carbons (Fsp3) is 0.100. The number of rotatable bonds is 1. The van der Waals surface area contributed by atoms with Gasteiger partial charge in [0.25, 0.3) is 0 Å². The van der Waals surface area contributed by atoms with Crippen molar-refractivity contribution in [1.29, 1.82) is 0 Å². The Morgan fingerprint density at radius 3 is 2.80 bits per heavy atom. The largest absolute Gasteiger partial charge is 0.507 e. The maximum Gasteiger partial charge on any atom is 0.125 e. The maximum absolute atomic E-state index is 13.0. The predicted octanol–water partition coefficient (Wildman–Crippen LogP) is 1.51. The first-order chi connectivity index (χ1) is 7.09. The quantitative estimate of drug-likeness (QED) is 0.745. The molecule has 0 atom stereocenters. The van der Waals surface area contributed by atoms with E-state index in [1.807, 2.05) is 0 Å². The fourth-order valence-corrected chi connectivity index (χ4v) is 1.48. The van der Waals surface area contributed by atoms with Crippen molar-refractivity contribution < 1.29 is 9.50 Å². The molecule has 5 heteroatoms. The zero-order chi connectivity index (χ0) is 11.0. The van der Waals surface area contributed by atoms with E-state index < -0.39 is 5.82 Å². The monoisotopic (exact) mass is 207 g/mol. The number of aromatic nitrogens is 2. The van der Waals surface area contributed by atoms with Crippen LogP contribution in [0.5, 0.6) is 5.75 Å². The highest BCUT2D eigenvalue weighted by Crippen LogP contribution is 2.32. The van der Waals surface area contributed by atoms with Gasteiger partial charge in [-0.2, -0.15) is 5.10 Å². The molecule has 0 aliphatic heterocycles. The number of phenolic OH excluding ortho intramolecular Hbond substituents is 1. The van der Waals surface area contributed by atoms with Crippen molar-refractivity contribution in [3.05, 3.63) is 30.2 Å². The van der Waals surface area contributed by atoms with Gasteiger partial charge < -0.3 is 10.8 Å². The number of halogens is 1. The lowest BCUT2D eigenvalue weighted by atomic mass is 10.1. The van der Waals surface area contributed by atoms with Crippen LogP contribution < -0.4 is 5.73 Å². The van der Waals surface area contributed by atoms with Gasteiger partial charge >= 0.3 is 0 Å². The van der Waals surface area contributed by atoms with E-state index in [0.29, 0.717) is 16.9 Å². The minimum Gasteiger partial charge on any atom is -0.507 e. The van der Waals surface area contributed by atoms with Crippen LogP contribution in [0.3, 0.4) is 0 Å². The topological polar surface area (TPSA) is 64.1 Å². The third-order valence-corrected chi connectivity index (χ3v) is 2.18. The van der Waals surface area contributed by atoms with Crippen molar-refractivity contribution in [3.63, 3.8) is 0 Å². The van der Waals surface area contributed by atoms with E-state index in [1.165, 1.54) is 29.1 Å². The van der Waals surface area contributed by atoms with Gasteiger partial charge in [0.05, 0.1) is 17.6 Å². The Morgan fingerprint density at radius 2 is 2.20 bits per heavy atom. The molecule has 78 valence electrons. The Morgan fingerprint density at radius 1 is 1.47 bits per heavy atom. The molecule has 0 aliphatic rings. The Bertz CT molecular complexity index is 488. The summed E-state index contributed by atoms with van der Waals surface area (Å²) in [6, 6.07) is 3.70. The molecule has 4 nitrogen and oxygen atoms in total. The summed E-state index contributed by atoms with van der Waals surface area (Å²) < 4.78 is 14.5. The van der Waals surface area contributed by atoms with Crippen LogP contribution in [0.2, 0.25) is 0 Å². The summed E-state index contributed by atoms with van der Waals surface area (Å²) in [6.45, 7) is 0. The Balaban J connectivity index is 2.68. The Hall–Kier alpha value is -2.04. The SMILES string of the molecule is Cn1ncc(N)c1-c1cc(F)ccc1O. The molecule has 0 amide bonds. The summed E-state index contributed by atoms with van der Waals surface area (Å²) in [5, 5.41) is 13.5. The van der Waals surface area contributed by atoms with E-state index in [2.05, 4.69) is 5.10 Å². The number of aryl methyl sites for hydroxylation is 1. The lowest BCUT2D eigenvalue weighted by Crippen LogP contribution is -1.96. The van der Waals surface area contributed by atoms with E-state index >= 15 is 0 Å². The second kappa shape index (κ2) is 3.27. The molecule has 0 aliphatic carbocycles. The molecule has 15 heavy (non-hydrogen) atoms. The van der Waals surface area contributed by atoms with Crippen molar-refractivity contribution in [1.82, 2.24) is 9.78 Å². The van der Waals surface area contributed by atoms with Crippen molar-refractivity contribution in [2.45, 2.75) is 0 Å². The number of hydrogen-bond donors (Lipinski definition) is 2. The number of nitrogens with zero attached hydrogens (tertiary/aromatic N) is 2. The van der Waals surface area contributed by atoms with Gasteiger partial charge in [-0.1, -0.05) is 0 Å². The number of nitrogen functional groups attached to an aromatic ring is 1. The zero-order valence-corrected chi connectivity index (χ0v) is 8.11. The maximum atomic E-state index is 13.0. The number of nitrogens with two attached hydrogens (primary N) is 1. The standard InChI is InChI=1S/C10H10FN3O/c1-14-10(8(12)5-13-14)7-4-6(11)2-3-9(7)15/h2-5,15H,12H2,1H3. The van der Waals surface area contributed by atoms with E-state index in [9.17, 15) is 9.50 Å². The van der Waals surface area contributed by atoms with Crippen LogP contribution in [-0.4, -0.2) is 14.9 Å². The lowest BCUT2D eigenvalue weighted by Gasteiger charge is -2.06. The Kier molecular flexibility index (Phi) is 2.07. The van der Waals surface area contributed by atoms with E-state index in [4.69, 9.17) is 5.73 Å². The number of aromatic hydroxyl groups is 1. The first kappa shape index (κ1) is 9.51. The van der Waals surface area contributed by atoms with Gasteiger partial charge in [-0.15, -0.1) is 0 Å². The molecule has 0 saturated carbocycles. The van der Waals surface area contributed by atoms with Gasteiger partial charge in [0, 0.05) is 12.6 Å². The molecular weight excluding hydrogens is 197 g/mol. The summed E-state index contributed by atoms with van der Waals surface area (Å²) in [6.07, 6.45) is 1.46. The van der Waals surface area contributed by atoms with Crippen LogP contribution >= 0.6 is 0 Å². The van der Waals surface area contributed by atoms with Crippen LogP contribution in [0, 0.1) is 5.82 Å². The summed E-state index contributed by atoms with van der Waals surface area (Å²) in [5.74, 6) is -0.449. The van der Waals surface area contributed by atoms with Crippen molar-refractivity contribution in [2.24, 2.45) is 7.05 Å². The summed E-state index contributed by atoms with van der Waals surface area (Å²) in [7, 11) is 1.68. The van der Waals surface area contributed by atoms with Gasteiger partial charge in [-0.05, 0) is 18.2 Å². The molecule has 1 heterocycles. The zero-order valence-electron chi connectivity index (χ0n) is 8.11. The average molecular weight is 207 g/mol. The molecule has 2 rings (SSSR count). The second-order valence-electron chi connectivity index (χ2n) is 3.23. The lowest BCUT2D eigenvalue weighted by molar-refractivity contribution is 0.474. The number of phenols is 1.